The zero-order valence-corrected chi connectivity index (χ0v) is 12.0. The molecule has 0 saturated carbocycles. The fraction of sp³-hybridized carbons (Fsp3) is 0.353. The van der Waals surface area contributed by atoms with Crippen molar-refractivity contribution in [3.8, 4) is 0 Å². The van der Waals surface area contributed by atoms with Gasteiger partial charge in [-0.15, -0.1) is 0 Å². The van der Waals surface area contributed by atoms with Crippen LogP contribution >= 0.6 is 0 Å². The van der Waals surface area contributed by atoms with E-state index in [1.54, 1.807) is 0 Å². The van der Waals surface area contributed by atoms with Gasteiger partial charge in [0.05, 0.1) is 0 Å². The van der Waals surface area contributed by atoms with Gasteiger partial charge in [0, 0.05) is 12.5 Å². The van der Waals surface area contributed by atoms with Crippen molar-refractivity contribution in [2.75, 3.05) is 13.6 Å². The molecule has 0 aliphatic heterocycles. The maximum absolute atomic E-state index is 10.5. The van der Waals surface area contributed by atoms with Crippen molar-refractivity contribution >= 4 is 16.7 Å². The summed E-state index contributed by atoms with van der Waals surface area (Å²) in [7, 11) is 2.04. The highest BCUT2D eigenvalue weighted by Crippen LogP contribution is 2.23. The predicted molar refractivity (Wildman–Crippen MR) is 81.9 cm³/mol. The molecule has 0 bridgehead atoms. The van der Waals surface area contributed by atoms with Crippen LogP contribution < -0.4 is 0 Å². The minimum absolute atomic E-state index is 0.231. The molecular weight excluding hydrogens is 250 g/mol. The lowest BCUT2D eigenvalue weighted by Gasteiger charge is -2.25. The summed E-state index contributed by atoms with van der Waals surface area (Å²) in [5.74, 6) is -0.725. The van der Waals surface area contributed by atoms with E-state index < -0.39 is 5.97 Å². The SMILES string of the molecule is CC(c1ccc2ccccc2c1)N(C)CCCC(=O)O. The molecule has 0 fully saturated rings. The highest BCUT2D eigenvalue weighted by Gasteiger charge is 2.12. The van der Waals surface area contributed by atoms with Crippen LogP contribution in [-0.2, 0) is 4.79 Å². The van der Waals surface area contributed by atoms with E-state index in [1.165, 1.54) is 16.3 Å². The Bertz CT molecular complexity index is 594. The zero-order valence-electron chi connectivity index (χ0n) is 12.0. The molecule has 0 heterocycles. The van der Waals surface area contributed by atoms with Gasteiger partial charge in [0.25, 0.3) is 0 Å². The van der Waals surface area contributed by atoms with E-state index in [-0.39, 0.29) is 12.5 Å². The van der Waals surface area contributed by atoms with Gasteiger partial charge < -0.3 is 5.11 Å². The monoisotopic (exact) mass is 271 g/mol. The third-order valence-corrected chi connectivity index (χ3v) is 3.82. The fourth-order valence-corrected chi connectivity index (χ4v) is 2.40. The second-order valence-corrected chi connectivity index (χ2v) is 5.26. The molecule has 3 nitrogen and oxygen atoms in total. The Morgan fingerprint density at radius 3 is 2.60 bits per heavy atom. The van der Waals surface area contributed by atoms with Gasteiger partial charge in [-0.3, -0.25) is 9.69 Å². The van der Waals surface area contributed by atoms with Gasteiger partial charge in [-0.1, -0.05) is 36.4 Å². The summed E-state index contributed by atoms with van der Waals surface area (Å²) in [5, 5.41) is 11.2. The number of rotatable bonds is 6. The normalized spacial score (nSPS) is 12.8. The number of hydrogen-bond acceptors (Lipinski definition) is 2. The van der Waals surface area contributed by atoms with Crippen LogP contribution in [0.3, 0.4) is 0 Å². The van der Waals surface area contributed by atoms with Crippen molar-refractivity contribution in [2.24, 2.45) is 0 Å². The van der Waals surface area contributed by atoms with Crippen LogP contribution in [0.4, 0.5) is 0 Å². The second kappa shape index (κ2) is 6.53. The second-order valence-electron chi connectivity index (χ2n) is 5.26. The lowest BCUT2D eigenvalue weighted by atomic mass is 10.0. The topological polar surface area (TPSA) is 40.5 Å². The van der Waals surface area contributed by atoms with E-state index in [0.29, 0.717) is 6.42 Å². The molecule has 2 aromatic rings. The van der Waals surface area contributed by atoms with Crippen LogP contribution in [0.5, 0.6) is 0 Å². The van der Waals surface area contributed by atoms with Crippen molar-refractivity contribution in [1.29, 1.82) is 0 Å². The van der Waals surface area contributed by atoms with Crippen LogP contribution in [0, 0.1) is 0 Å². The Morgan fingerprint density at radius 1 is 1.20 bits per heavy atom. The molecule has 0 saturated heterocycles. The number of aliphatic carboxylic acids is 1. The molecule has 1 atom stereocenters. The van der Waals surface area contributed by atoms with E-state index in [4.69, 9.17) is 5.11 Å². The molecule has 1 unspecified atom stereocenters. The maximum atomic E-state index is 10.5. The standard InChI is InChI=1S/C17H21NO2/c1-13(18(2)11-5-8-17(19)20)15-10-9-14-6-3-4-7-16(14)12-15/h3-4,6-7,9-10,12-13H,5,8,11H2,1-2H3,(H,19,20). The summed E-state index contributed by atoms with van der Waals surface area (Å²) in [6.07, 6.45) is 0.915. The molecule has 20 heavy (non-hydrogen) atoms. The lowest BCUT2D eigenvalue weighted by Crippen LogP contribution is -2.24. The maximum Gasteiger partial charge on any atom is 0.303 e. The number of nitrogens with zero attached hydrogens (tertiary/aromatic N) is 1. The van der Waals surface area contributed by atoms with E-state index in [9.17, 15) is 4.79 Å². The van der Waals surface area contributed by atoms with Crippen LogP contribution in [0.25, 0.3) is 10.8 Å². The van der Waals surface area contributed by atoms with Crippen molar-refractivity contribution in [2.45, 2.75) is 25.8 Å². The first-order valence-corrected chi connectivity index (χ1v) is 6.98. The van der Waals surface area contributed by atoms with Gasteiger partial charge >= 0.3 is 5.97 Å². The third-order valence-electron chi connectivity index (χ3n) is 3.82. The third kappa shape index (κ3) is 3.58. The smallest absolute Gasteiger partial charge is 0.303 e. The van der Waals surface area contributed by atoms with Crippen molar-refractivity contribution in [1.82, 2.24) is 4.90 Å². The molecular formula is C17H21NO2. The van der Waals surface area contributed by atoms with Gasteiger partial charge in [-0.25, -0.2) is 0 Å². The van der Waals surface area contributed by atoms with Gasteiger partial charge in [-0.05, 0) is 49.3 Å². The Balaban J connectivity index is 2.06. The van der Waals surface area contributed by atoms with E-state index in [0.717, 1.165) is 6.54 Å². The fourth-order valence-electron chi connectivity index (χ4n) is 2.40. The minimum atomic E-state index is -0.725. The molecule has 106 valence electrons. The molecule has 1 N–H and O–H groups in total. The van der Waals surface area contributed by atoms with E-state index in [1.807, 2.05) is 19.2 Å². The van der Waals surface area contributed by atoms with Crippen LogP contribution in [-0.4, -0.2) is 29.6 Å². The highest BCUT2D eigenvalue weighted by atomic mass is 16.4. The van der Waals surface area contributed by atoms with E-state index >= 15 is 0 Å². The molecule has 0 amide bonds. The highest BCUT2D eigenvalue weighted by molar-refractivity contribution is 5.83. The predicted octanol–water partition coefficient (Wildman–Crippen LogP) is 3.70. The molecule has 0 spiro atoms. The van der Waals surface area contributed by atoms with Crippen LogP contribution in [0.1, 0.15) is 31.4 Å². The quantitative estimate of drug-likeness (QED) is 0.871. The van der Waals surface area contributed by atoms with Crippen molar-refractivity contribution in [3.63, 3.8) is 0 Å². The number of benzene rings is 2. The Kier molecular flexibility index (Phi) is 4.74. The average Bonchev–Trinajstić information content (AvgIpc) is 2.45. The number of fused-ring (bicyclic) bond motifs is 1. The minimum Gasteiger partial charge on any atom is -0.481 e. The van der Waals surface area contributed by atoms with Gasteiger partial charge in [-0.2, -0.15) is 0 Å². The first-order chi connectivity index (χ1) is 9.58. The lowest BCUT2D eigenvalue weighted by molar-refractivity contribution is -0.137. The molecule has 0 aromatic heterocycles. The summed E-state index contributed by atoms with van der Waals surface area (Å²) in [4.78, 5) is 12.7. The Hall–Kier alpha value is -1.87. The number of hydrogen-bond donors (Lipinski definition) is 1. The van der Waals surface area contributed by atoms with Gasteiger partial charge in [0.1, 0.15) is 0 Å². The molecule has 0 aliphatic carbocycles. The van der Waals surface area contributed by atoms with Crippen molar-refractivity contribution < 1.29 is 9.90 Å². The first kappa shape index (κ1) is 14.5. The Labute approximate surface area is 119 Å². The van der Waals surface area contributed by atoms with Gasteiger partial charge in [0.15, 0.2) is 0 Å². The largest absolute Gasteiger partial charge is 0.481 e. The Morgan fingerprint density at radius 2 is 1.90 bits per heavy atom. The number of carboxylic acid groups (broad SMARTS) is 1. The van der Waals surface area contributed by atoms with Gasteiger partial charge in [0.2, 0.25) is 0 Å². The summed E-state index contributed by atoms with van der Waals surface area (Å²) < 4.78 is 0. The van der Waals surface area contributed by atoms with Crippen molar-refractivity contribution in [3.05, 3.63) is 48.0 Å². The molecule has 0 aliphatic rings. The zero-order chi connectivity index (χ0) is 14.5. The summed E-state index contributed by atoms with van der Waals surface area (Å²) in [5.41, 5.74) is 1.27. The molecule has 2 rings (SSSR count). The number of carboxylic acids is 1. The average molecular weight is 271 g/mol. The van der Waals surface area contributed by atoms with Crippen LogP contribution in [0.2, 0.25) is 0 Å². The van der Waals surface area contributed by atoms with E-state index in [2.05, 4.69) is 42.2 Å². The van der Waals surface area contributed by atoms with Crippen LogP contribution in [0.15, 0.2) is 42.5 Å². The molecule has 3 heteroatoms. The molecule has 0 radical (unpaired) electrons. The summed E-state index contributed by atoms with van der Waals surface area (Å²) >= 11 is 0. The number of carbonyl (C=O) groups is 1. The molecule has 2 aromatic carbocycles. The summed E-state index contributed by atoms with van der Waals surface area (Å²) in [6.45, 7) is 2.95. The first-order valence-electron chi connectivity index (χ1n) is 6.98. The summed E-state index contributed by atoms with van der Waals surface area (Å²) in [6, 6.07) is 15.1.